The van der Waals surface area contributed by atoms with Gasteiger partial charge in [-0.05, 0) is 26.7 Å². The molecule has 0 radical (unpaired) electrons. The van der Waals surface area contributed by atoms with Crippen molar-refractivity contribution in [2.24, 2.45) is 0 Å². The molecule has 5 heteroatoms. The monoisotopic (exact) mass is 263 g/mol. The van der Waals surface area contributed by atoms with Crippen LogP contribution in [0.5, 0.6) is 0 Å². The highest BCUT2D eigenvalue weighted by Gasteiger charge is 2.24. The third-order valence-corrected chi connectivity index (χ3v) is 5.80. The molecule has 0 heterocycles. The number of hydrogen-bond donors (Lipinski definition) is 1. The van der Waals surface area contributed by atoms with E-state index < -0.39 is 9.84 Å². The van der Waals surface area contributed by atoms with E-state index in [0.29, 0.717) is 19.1 Å². The molecule has 0 aliphatic heterocycles. The fourth-order valence-electron chi connectivity index (χ4n) is 2.36. The summed E-state index contributed by atoms with van der Waals surface area (Å²) in [4.78, 5) is 2.15. The molecule has 0 saturated heterocycles. The molecule has 1 aliphatic rings. The summed E-state index contributed by atoms with van der Waals surface area (Å²) in [5.74, 6) is 0.209. The fourth-order valence-corrected chi connectivity index (χ4v) is 3.32. The standard InChI is InChI=1S/C12H25NO3S/c1-11(2)17(15,16)10-8-13(7-9-14)12-5-3-4-6-12/h11-12,14H,3-10H2,1-2H3. The molecule has 0 aromatic carbocycles. The van der Waals surface area contributed by atoms with Crippen molar-refractivity contribution in [2.75, 3.05) is 25.4 Å². The van der Waals surface area contributed by atoms with Crippen molar-refractivity contribution in [3.05, 3.63) is 0 Å². The summed E-state index contributed by atoms with van der Waals surface area (Å²) >= 11 is 0. The Morgan fingerprint density at radius 1 is 1.24 bits per heavy atom. The van der Waals surface area contributed by atoms with Crippen LogP contribution in [0.25, 0.3) is 0 Å². The minimum Gasteiger partial charge on any atom is -0.395 e. The van der Waals surface area contributed by atoms with Gasteiger partial charge in [0, 0.05) is 19.1 Å². The largest absolute Gasteiger partial charge is 0.395 e. The molecule has 1 saturated carbocycles. The van der Waals surface area contributed by atoms with Crippen LogP contribution in [-0.4, -0.2) is 55.2 Å². The van der Waals surface area contributed by atoms with Crippen molar-refractivity contribution in [1.82, 2.24) is 4.90 Å². The molecule has 0 atom stereocenters. The fraction of sp³-hybridized carbons (Fsp3) is 1.00. The van der Waals surface area contributed by atoms with E-state index >= 15 is 0 Å². The first-order valence-corrected chi connectivity index (χ1v) is 8.25. The van der Waals surface area contributed by atoms with Gasteiger partial charge in [0.25, 0.3) is 0 Å². The molecular weight excluding hydrogens is 238 g/mol. The quantitative estimate of drug-likeness (QED) is 0.746. The van der Waals surface area contributed by atoms with Crippen molar-refractivity contribution in [2.45, 2.75) is 50.8 Å². The smallest absolute Gasteiger partial charge is 0.153 e. The highest BCUT2D eigenvalue weighted by Crippen LogP contribution is 2.23. The summed E-state index contributed by atoms with van der Waals surface area (Å²) in [7, 11) is -2.96. The van der Waals surface area contributed by atoms with Gasteiger partial charge in [-0.2, -0.15) is 0 Å². The summed E-state index contributed by atoms with van der Waals surface area (Å²) in [6, 6.07) is 0.476. The van der Waals surface area contributed by atoms with Crippen LogP contribution in [0.4, 0.5) is 0 Å². The van der Waals surface area contributed by atoms with Crippen LogP contribution >= 0.6 is 0 Å². The normalized spacial score (nSPS) is 18.4. The number of rotatable bonds is 7. The second kappa shape index (κ2) is 6.71. The lowest BCUT2D eigenvalue weighted by Crippen LogP contribution is -2.39. The van der Waals surface area contributed by atoms with Crippen LogP contribution in [0.1, 0.15) is 39.5 Å². The van der Waals surface area contributed by atoms with Crippen molar-refractivity contribution in [3.8, 4) is 0 Å². The predicted octanol–water partition coefficient (Wildman–Crippen LogP) is 1.05. The lowest BCUT2D eigenvalue weighted by Gasteiger charge is -2.28. The molecule has 0 bridgehead atoms. The van der Waals surface area contributed by atoms with E-state index in [9.17, 15) is 8.42 Å². The Hall–Kier alpha value is -0.130. The molecule has 0 aromatic rings. The number of nitrogens with zero attached hydrogens (tertiary/aromatic N) is 1. The van der Waals surface area contributed by atoms with Crippen molar-refractivity contribution in [1.29, 1.82) is 0 Å². The molecule has 0 aromatic heterocycles. The Morgan fingerprint density at radius 2 is 1.82 bits per heavy atom. The van der Waals surface area contributed by atoms with Gasteiger partial charge in [-0.15, -0.1) is 0 Å². The van der Waals surface area contributed by atoms with Crippen molar-refractivity contribution >= 4 is 9.84 Å². The molecule has 102 valence electrons. The Morgan fingerprint density at radius 3 is 2.29 bits per heavy atom. The number of sulfone groups is 1. The second-order valence-corrected chi connectivity index (χ2v) is 7.79. The van der Waals surface area contributed by atoms with E-state index in [4.69, 9.17) is 5.11 Å². The average Bonchev–Trinajstić information content (AvgIpc) is 2.77. The van der Waals surface area contributed by atoms with Gasteiger partial charge in [0.15, 0.2) is 9.84 Å². The third-order valence-electron chi connectivity index (χ3n) is 3.61. The minimum absolute atomic E-state index is 0.109. The first-order valence-electron chi connectivity index (χ1n) is 6.54. The molecule has 1 fully saturated rings. The molecule has 1 rings (SSSR count). The molecule has 0 amide bonds. The predicted molar refractivity (Wildman–Crippen MR) is 69.8 cm³/mol. The lowest BCUT2D eigenvalue weighted by molar-refractivity contribution is 0.159. The molecular formula is C12H25NO3S. The second-order valence-electron chi connectivity index (χ2n) is 5.11. The number of aliphatic hydroxyl groups is 1. The van der Waals surface area contributed by atoms with Crippen LogP contribution < -0.4 is 0 Å². The molecule has 1 aliphatic carbocycles. The van der Waals surface area contributed by atoms with Gasteiger partial charge in [0.1, 0.15) is 0 Å². The van der Waals surface area contributed by atoms with E-state index in [1.54, 1.807) is 13.8 Å². The Kier molecular flexibility index (Phi) is 5.89. The molecule has 0 spiro atoms. The molecule has 1 N–H and O–H groups in total. The van der Waals surface area contributed by atoms with E-state index in [2.05, 4.69) is 4.90 Å². The Labute approximate surface area is 105 Å². The first-order chi connectivity index (χ1) is 7.97. The highest BCUT2D eigenvalue weighted by molar-refractivity contribution is 7.92. The van der Waals surface area contributed by atoms with Crippen molar-refractivity contribution in [3.63, 3.8) is 0 Å². The number of aliphatic hydroxyl groups excluding tert-OH is 1. The van der Waals surface area contributed by atoms with E-state index in [1.165, 1.54) is 12.8 Å². The van der Waals surface area contributed by atoms with Gasteiger partial charge in [-0.25, -0.2) is 8.42 Å². The topological polar surface area (TPSA) is 57.6 Å². The Bertz CT molecular complexity index is 308. The first kappa shape index (κ1) is 14.9. The van der Waals surface area contributed by atoms with Crippen LogP contribution in [0, 0.1) is 0 Å². The maximum absolute atomic E-state index is 11.8. The van der Waals surface area contributed by atoms with E-state index in [-0.39, 0.29) is 17.6 Å². The van der Waals surface area contributed by atoms with Gasteiger partial charge < -0.3 is 5.11 Å². The molecule has 17 heavy (non-hydrogen) atoms. The summed E-state index contributed by atoms with van der Waals surface area (Å²) in [5.41, 5.74) is 0. The van der Waals surface area contributed by atoms with E-state index in [0.717, 1.165) is 12.8 Å². The maximum Gasteiger partial charge on any atom is 0.153 e. The zero-order valence-corrected chi connectivity index (χ0v) is 11.7. The van der Waals surface area contributed by atoms with Gasteiger partial charge in [-0.3, -0.25) is 4.90 Å². The van der Waals surface area contributed by atoms with Gasteiger partial charge in [0.05, 0.1) is 17.6 Å². The van der Waals surface area contributed by atoms with Crippen LogP contribution in [-0.2, 0) is 9.84 Å². The zero-order chi connectivity index (χ0) is 12.9. The summed E-state index contributed by atoms with van der Waals surface area (Å²) in [5, 5.41) is 8.74. The number of hydrogen-bond acceptors (Lipinski definition) is 4. The highest BCUT2D eigenvalue weighted by atomic mass is 32.2. The summed E-state index contributed by atoms with van der Waals surface area (Å²) in [6.07, 6.45) is 4.73. The lowest BCUT2D eigenvalue weighted by atomic mass is 10.2. The van der Waals surface area contributed by atoms with E-state index in [1.807, 2.05) is 0 Å². The summed E-state index contributed by atoms with van der Waals surface area (Å²) < 4.78 is 23.5. The summed E-state index contributed by atoms with van der Waals surface area (Å²) in [6.45, 7) is 4.71. The van der Waals surface area contributed by atoms with Crippen LogP contribution in [0.3, 0.4) is 0 Å². The maximum atomic E-state index is 11.8. The SMILES string of the molecule is CC(C)S(=O)(=O)CCN(CCO)C1CCCC1. The molecule has 4 nitrogen and oxygen atoms in total. The van der Waals surface area contributed by atoms with Gasteiger partial charge >= 0.3 is 0 Å². The van der Waals surface area contributed by atoms with Gasteiger partial charge in [-0.1, -0.05) is 12.8 Å². The van der Waals surface area contributed by atoms with Crippen molar-refractivity contribution < 1.29 is 13.5 Å². The van der Waals surface area contributed by atoms with Crippen LogP contribution in [0.15, 0.2) is 0 Å². The van der Waals surface area contributed by atoms with Gasteiger partial charge in [0.2, 0.25) is 0 Å². The average molecular weight is 263 g/mol. The Balaban J connectivity index is 2.49. The van der Waals surface area contributed by atoms with Crippen LogP contribution in [0.2, 0.25) is 0 Å². The zero-order valence-electron chi connectivity index (χ0n) is 10.9. The molecule has 0 unspecified atom stereocenters. The minimum atomic E-state index is -2.96. The third kappa shape index (κ3) is 4.56.